The molecule has 4 aliphatic carbocycles. The smallest absolute Gasteiger partial charge is 0.202 e. The van der Waals surface area contributed by atoms with Gasteiger partial charge in [0, 0.05) is 35.2 Å². The van der Waals surface area contributed by atoms with Crippen molar-refractivity contribution < 1.29 is 24.5 Å². The summed E-state index contributed by atoms with van der Waals surface area (Å²) in [5.41, 5.74) is -1.69. The van der Waals surface area contributed by atoms with Gasteiger partial charge in [0.15, 0.2) is 5.60 Å². The van der Waals surface area contributed by atoms with Crippen LogP contribution in [0.5, 0.6) is 0 Å². The second-order valence-electron chi connectivity index (χ2n) is 14.1. The lowest BCUT2D eigenvalue weighted by Crippen LogP contribution is -2.64. The number of fused-ring (bicyclic) bond motifs is 5. The van der Waals surface area contributed by atoms with E-state index in [1.807, 2.05) is 20.8 Å². The molecule has 5 heteroatoms. The van der Waals surface area contributed by atoms with Crippen LogP contribution in [0.15, 0.2) is 23.5 Å². The average Bonchev–Trinajstić information content (AvgIpc) is 3.15. The van der Waals surface area contributed by atoms with E-state index in [0.717, 1.165) is 12.8 Å². The first-order chi connectivity index (χ1) is 16.0. The fourth-order valence-electron chi connectivity index (χ4n) is 9.57. The van der Waals surface area contributed by atoms with Gasteiger partial charge in [0.25, 0.3) is 0 Å². The van der Waals surface area contributed by atoms with Gasteiger partial charge in [-0.1, -0.05) is 60.1 Å². The molecular weight excluding hydrogens is 440 g/mol. The van der Waals surface area contributed by atoms with Crippen LogP contribution < -0.4 is 0 Å². The molecule has 1 heterocycles. The number of carbonyl (C=O) groups excluding carboxylic acids is 2. The summed E-state index contributed by atoms with van der Waals surface area (Å²) >= 11 is 0. The molecule has 5 nitrogen and oxygen atoms in total. The summed E-state index contributed by atoms with van der Waals surface area (Å²) < 4.78 is 6.36. The zero-order chi connectivity index (χ0) is 25.9. The van der Waals surface area contributed by atoms with Crippen molar-refractivity contribution in [1.29, 1.82) is 0 Å². The van der Waals surface area contributed by atoms with Crippen LogP contribution in [0.1, 0.15) is 87.5 Å². The van der Waals surface area contributed by atoms with Crippen LogP contribution in [-0.4, -0.2) is 39.6 Å². The fraction of sp³-hybridized carbons (Fsp3) is 0.800. The molecule has 5 rings (SSSR count). The minimum Gasteiger partial charge on any atom is -0.483 e. The summed E-state index contributed by atoms with van der Waals surface area (Å²) in [7, 11) is 0. The van der Waals surface area contributed by atoms with E-state index in [1.165, 1.54) is 5.57 Å². The molecule has 0 bridgehead atoms. The van der Waals surface area contributed by atoms with Gasteiger partial charge in [-0.3, -0.25) is 9.59 Å². The highest BCUT2D eigenvalue weighted by Crippen LogP contribution is 2.74. The van der Waals surface area contributed by atoms with Crippen LogP contribution in [-0.2, 0) is 14.3 Å². The number of rotatable bonds is 2. The van der Waals surface area contributed by atoms with Crippen molar-refractivity contribution in [3.05, 3.63) is 23.5 Å². The monoisotopic (exact) mass is 484 g/mol. The minimum atomic E-state index is -1.16. The molecule has 194 valence electrons. The van der Waals surface area contributed by atoms with Gasteiger partial charge < -0.3 is 14.9 Å². The number of Topliss-reactive ketones (excluding diaryl/α,β-unsaturated/α-hetero) is 1. The van der Waals surface area contributed by atoms with Crippen LogP contribution >= 0.6 is 0 Å². The SMILES string of the molecule is CC(C)C1=CC(=O)[C@@](C)([C@H]2[C@H](O)C[C@@]3(C)[C@H]4CC=C5[C@H](CC[C@H](O)C5(C)C)[C@]4(C)C(=O)C[C@]23C)O1. The van der Waals surface area contributed by atoms with E-state index < -0.39 is 34.6 Å². The third-order valence-corrected chi connectivity index (χ3v) is 11.9. The van der Waals surface area contributed by atoms with Crippen LogP contribution in [0.2, 0.25) is 0 Å². The van der Waals surface area contributed by atoms with Crippen molar-refractivity contribution in [2.75, 3.05) is 0 Å². The highest BCUT2D eigenvalue weighted by Gasteiger charge is 2.75. The summed E-state index contributed by atoms with van der Waals surface area (Å²) in [5.74, 6) is 0.630. The molecule has 0 radical (unpaired) electrons. The van der Waals surface area contributed by atoms with E-state index in [0.29, 0.717) is 25.0 Å². The molecular formula is C30H44O5. The lowest BCUT2D eigenvalue weighted by atomic mass is 9.38. The Morgan fingerprint density at radius 2 is 1.66 bits per heavy atom. The summed E-state index contributed by atoms with van der Waals surface area (Å²) in [6.45, 7) is 16.6. The van der Waals surface area contributed by atoms with Crippen molar-refractivity contribution >= 4 is 11.6 Å². The molecule has 5 aliphatic rings. The van der Waals surface area contributed by atoms with Gasteiger partial charge >= 0.3 is 0 Å². The Morgan fingerprint density at radius 3 is 2.26 bits per heavy atom. The van der Waals surface area contributed by atoms with E-state index in [9.17, 15) is 19.8 Å². The Labute approximate surface area is 210 Å². The first-order valence-electron chi connectivity index (χ1n) is 13.6. The number of ether oxygens (including phenoxy) is 1. The zero-order valence-electron chi connectivity index (χ0n) is 22.8. The lowest BCUT2D eigenvalue weighted by molar-refractivity contribution is -0.183. The second kappa shape index (κ2) is 7.31. The third-order valence-electron chi connectivity index (χ3n) is 11.9. The topological polar surface area (TPSA) is 83.8 Å². The zero-order valence-corrected chi connectivity index (χ0v) is 22.8. The number of carbonyl (C=O) groups is 2. The molecule has 0 aromatic carbocycles. The van der Waals surface area contributed by atoms with Gasteiger partial charge in [-0.05, 0) is 55.3 Å². The minimum absolute atomic E-state index is 0.0679. The molecule has 35 heavy (non-hydrogen) atoms. The molecule has 0 aromatic rings. The Kier molecular flexibility index (Phi) is 5.26. The number of aliphatic hydroxyl groups is 2. The maximum atomic E-state index is 14.3. The molecule has 3 fully saturated rings. The van der Waals surface area contributed by atoms with Crippen LogP contribution in [0, 0.1) is 45.3 Å². The molecule has 0 saturated heterocycles. The van der Waals surface area contributed by atoms with Gasteiger partial charge in [-0.25, -0.2) is 0 Å². The maximum absolute atomic E-state index is 14.3. The standard InChI is InChI=1S/C30H44O5/c1-16(2)20-13-23(33)30(8,35-20)25-19(31)14-27(5)21-11-9-17-18(10-12-22(32)26(17,3)4)29(21,7)24(34)15-28(25,27)6/h9,13,16,18-19,21-22,25,31-32H,10-12,14-15H2,1-8H3/t18-,19+,21+,22-,25-,27-,28+,29-,30-/m0/s1. The average molecular weight is 485 g/mol. The summed E-state index contributed by atoms with van der Waals surface area (Å²) in [6.07, 6.45) is 5.98. The van der Waals surface area contributed by atoms with Crippen LogP contribution in [0.3, 0.4) is 0 Å². The van der Waals surface area contributed by atoms with Gasteiger partial charge in [0.2, 0.25) is 5.78 Å². The van der Waals surface area contributed by atoms with E-state index in [1.54, 1.807) is 6.08 Å². The van der Waals surface area contributed by atoms with Crippen molar-refractivity contribution in [2.45, 2.75) is 105 Å². The van der Waals surface area contributed by atoms with Crippen LogP contribution in [0.4, 0.5) is 0 Å². The number of aliphatic hydroxyl groups excluding tert-OH is 2. The van der Waals surface area contributed by atoms with Crippen molar-refractivity contribution in [3.8, 4) is 0 Å². The fourth-order valence-corrected chi connectivity index (χ4v) is 9.57. The second-order valence-corrected chi connectivity index (χ2v) is 14.1. The largest absolute Gasteiger partial charge is 0.483 e. The number of ketones is 2. The predicted octanol–water partition coefficient (Wildman–Crippen LogP) is 5.00. The maximum Gasteiger partial charge on any atom is 0.202 e. The molecule has 9 atom stereocenters. The summed E-state index contributed by atoms with van der Waals surface area (Å²) in [5, 5.41) is 22.4. The number of hydrogen-bond acceptors (Lipinski definition) is 5. The Hall–Kier alpha value is -1.46. The summed E-state index contributed by atoms with van der Waals surface area (Å²) in [4.78, 5) is 27.7. The van der Waals surface area contributed by atoms with Gasteiger partial charge in [-0.2, -0.15) is 0 Å². The van der Waals surface area contributed by atoms with E-state index in [2.05, 4.69) is 40.7 Å². The molecule has 0 amide bonds. The predicted molar refractivity (Wildman–Crippen MR) is 134 cm³/mol. The highest BCUT2D eigenvalue weighted by molar-refractivity contribution is 6.00. The first-order valence-corrected chi connectivity index (χ1v) is 13.6. The van der Waals surface area contributed by atoms with Crippen molar-refractivity contribution in [3.63, 3.8) is 0 Å². The lowest BCUT2D eigenvalue weighted by Gasteiger charge is -2.64. The first kappa shape index (κ1) is 25.2. The van der Waals surface area contributed by atoms with Gasteiger partial charge in [0.1, 0.15) is 11.5 Å². The molecule has 3 saturated carbocycles. The van der Waals surface area contributed by atoms with E-state index >= 15 is 0 Å². The number of hydrogen-bond donors (Lipinski definition) is 2. The Balaban J connectivity index is 1.59. The third kappa shape index (κ3) is 2.89. The Morgan fingerprint density at radius 1 is 1.00 bits per heavy atom. The van der Waals surface area contributed by atoms with Crippen LogP contribution in [0.25, 0.3) is 0 Å². The number of allylic oxidation sites excluding steroid dienone is 2. The van der Waals surface area contributed by atoms with Crippen molar-refractivity contribution in [1.82, 2.24) is 0 Å². The molecule has 2 N–H and O–H groups in total. The van der Waals surface area contributed by atoms with Gasteiger partial charge in [-0.15, -0.1) is 0 Å². The van der Waals surface area contributed by atoms with Crippen molar-refractivity contribution in [2.24, 2.45) is 45.3 Å². The molecule has 1 aliphatic heterocycles. The Bertz CT molecular complexity index is 1040. The highest BCUT2D eigenvalue weighted by atomic mass is 16.5. The summed E-state index contributed by atoms with van der Waals surface area (Å²) in [6, 6.07) is 0. The van der Waals surface area contributed by atoms with Gasteiger partial charge in [0.05, 0.1) is 12.2 Å². The normalized spacial score (nSPS) is 50.8. The quantitative estimate of drug-likeness (QED) is 0.539. The molecule has 0 aromatic heterocycles. The molecule has 0 spiro atoms. The molecule has 0 unspecified atom stereocenters. The van der Waals surface area contributed by atoms with E-state index in [-0.39, 0.29) is 40.2 Å². The van der Waals surface area contributed by atoms with E-state index in [4.69, 9.17) is 4.74 Å².